The Hall–Kier alpha value is -0.610. The highest BCUT2D eigenvalue weighted by Gasteiger charge is 2.10. The number of carbonyl (C=O) groups is 1. The summed E-state index contributed by atoms with van der Waals surface area (Å²) >= 11 is 0. The van der Waals surface area contributed by atoms with Crippen LogP contribution in [0, 0.1) is 5.92 Å². The van der Waals surface area contributed by atoms with E-state index in [-0.39, 0.29) is 5.91 Å². The summed E-state index contributed by atoms with van der Waals surface area (Å²) < 4.78 is 0. The van der Waals surface area contributed by atoms with Crippen molar-refractivity contribution in [2.24, 2.45) is 5.92 Å². The average Bonchev–Trinajstić information content (AvgIpc) is 2.36. The second-order valence-electron chi connectivity index (χ2n) is 5.39. The smallest absolute Gasteiger partial charge is 0.220 e. The Bertz CT molecular complexity index is 227. The predicted octanol–water partition coefficient (Wildman–Crippen LogP) is 1.22. The van der Waals surface area contributed by atoms with E-state index in [1.54, 1.807) is 0 Å². The Kier molecular flexibility index (Phi) is 8.01. The van der Waals surface area contributed by atoms with Crippen molar-refractivity contribution in [3.05, 3.63) is 0 Å². The summed E-state index contributed by atoms with van der Waals surface area (Å²) in [6, 6.07) is 0. The average molecular weight is 255 g/mol. The third kappa shape index (κ3) is 6.97. The van der Waals surface area contributed by atoms with Crippen LogP contribution in [0.25, 0.3) is 0 Å². The molecule has 1 saturated heterocycles. The minimum absolute atomic E-state index is 0.219. The summed E-state index contributed by atoms with van der Waals surface area (Å²) in [5.74, 6) is 0.736. The molecule has 1 unspecified atom stereocenters. The van der Waals surface area contributed by atoms with Gasteiger partial charge in [-0.15, -0.1) is 0 Å². The summed E-state index contributed by atoms with van der Waals surface area (Å²) in [7, 11) is 0. The van der Waals surface area contributed by atoms with Gasteiger partial charge in [0.2, 0.25) is 5.91 Å². The zero-order valence-corrected chi connectivity index (χ0v) is 12.0. The summed E-state index contributed by atoms with van der Waals surface area (Å²) in [6.45, 7) is 10.7. The van der Waals surface area contributed by atoms with Crippen LogP contribution in [-0.4, -0.2) is 50.1 Å². The van der Waals surface area contributed by atoms with E-state index in [1.165, 1.54) is 0 Å². The Morgan fingerprint density at radius 3 is 2.78 bits per heavy atom. The van der Waals surface area contributed by atoms with Gasteiger partial charge in [-0.1, -0.05) is 26.7 Å². The van der Waals surface area contributed by atoms with Crippen LogP contribution >= 0.6 is 0 Å². The molecule has 1 heterocycles. The van der Waals surface area contributed by atoms with E-state index in [0.29, 0.717) is 12.3 Å². The Labute approximate surface area is 111 Å². The molecule has 106 valence electrons. The van der Waals surface area contributed by atoms with Crippen LogP contribution < -0.4 is 10.6 Å². The van der Waals surface area contributed by atoms with E-state index in [1.807, 2.05) is 0 Å². The quantitative estimate of drug-likeness (QED) is 0.641. The molecule has 18 heavy (non-hydrogen) atoms. The van der Waals surface area contributed by atoms with Gasteiger partial charge in [-0.3, -0.25) is 4.79 Å². The van der Waals surface area contributed by atoms with Crippen molar-refractivity contribution in [1.29, 1.82) is 0 Å². The minimum atomic E-state index is 0.219. The minimum Gasteiger partial charge on any atom is -0.356 e. The second kappa shape index (κ2) is 9.34. The maximum Gasteiger partial charge on any atom is 0.220 e. The molecule has 0 aromatic rings. The van der Waals surface area contributed by atoms with Gasteiger partial charge in [-0.05, 0) is 18.9 Å². The molecule has 1 aliphatic rings. The summed E-state index contributed by atoms with van der Waals surface area (Å²) in [6.07, 6.45) is 4.06. The number of nitrogens with one attached hydrogen (secondary N) is 2. The fraction of sp³-hybridized carbons (Fsp3) is 0.929. The third-order valence-electron chi connectivity index (χ3n) is 3.50. The molecule has 1 atom stereocenters. The van der Waals surface area contributed by atoms with Gasteiger partial charge in [0.1, 0.15) is 0 Å². The lowest BCUT2D eigenvalue weighted by molar-refractivity contribution is -0.121. The van der Waals surface area contributed by atoms with E-state index in [9.17, 15) is 4.79 Å². The van der Waals surface area contributed by atoms with E-state index in [4.69, 9.17) is 0 Å². The van der Waals surface area contributed by atoms with E-state index >= 15 is 0 Å². The SMILES string of the molecule is CCCC(C)CC(=O)NCCCN1CCNCC1. The third-order valence-corrected chi connectivity index (χ3v) is 3.50. The lowest BCUT2D eigenvalue weighted by Gasteiger charge is -2.27. The molecular weight excluding hydrogens is 226 g/mol. The molecule has 0 saturated carbocycles. The number of rotatable bonds is 8. The zero-order valence-electron chi connectivity index (χ0n) is 12.0. The highest BCUT2D eigenvalue weighted by Crippen LogP contribution is 2.09. The lowest BCUT2D eigenvalue weighted by atomic mass is 10.0. The van der Waals surface area contributed by atoms with Gasteiger partial charge in [0.15, 0.2) is 0 Å². The van der Waals surface area contributed by atoms with Crippen molar-refractivity contribution < 1.29 is 4.79 Å². The van der Waals surface area contributed by atoms with Gasteiger partial charge >= 0.3 is 0 Å². The number of nitrogens with zero attached hydrogens (tertiary/aromatic N) is 1. The van der Waals surface area contributed by atoms with Crippen molar-refractivity contribution in [2.45, 2.75) is 39.5 Å². The number of hydrogen-bond acceptors (Lipinski definition) is 3. The number of carbonyl (C=O) groups excluding carboxylic acids is 1. The highest BCUT2D eigenvalue weighted by molar-refractivity contribution is 5.76. The van der Waals surface area contributed by atoms with Gasteiger partial charge < -0.3 is 15.5 Å². The first kappa shape index (κ1) is 15.4. The standard InChI is InChI=1S/C14H29N3O/c1-3-5-13(2)12-14(18)16-6-4-9-17-10-7-15-8-11-17/h13,15H,3-12H2,1-2H3,(H,16,18). The maximum atomic E-state index is 11.6. The number of amides is 1. The summed E-state index contributed by atoms with van der Waals surface area (Å²) in [5, 5.41) is 6.38. The van der Waals surface area contributed by atoms with Crippen molar-refractivity contribution in [3.63, 3.8) is 0 Å². The van der Waals surface area contributed by atoms with Crippen LogP contribution in [0.2, 0.25) is 0 Å². The Morgan fingerprint density at radius 2 is 2.11 bits per heavy atom. The molecule has 0 bridgehead atoms. The molecule has 4 nitrogen and oxygen atoms in total. The number of hydrogen-bond donors (Lipinski definition) is 2. The normalized spacial score (nSPS) is 18.6. The van der Waals surface area contributed by atoms with Crippen molar-refractivity contribution >= 4 is 5.91 Å². The first-order valence-electron chi connectivity index (χ1n) is 7.42. The van der Waals surface area contributed by atoms with Crippen LogP contribution in [0.5, 0.6) is 0 Å². The fourth-order valence-electron chi connectivity index (χ4n) is 2.45. The second-order valence-corrected chi connectivity index (χ2v) is 5.39. The van der Waals surface area contributed by atoms with Crippen LogP contribution in [0.1, 0.15) is 39.5 Å². The largest absolute Gasteiger partial charge is 0.356 e. The Balaban J connectivity index is 1.97. The topological polar surface area (TPSA) is 44.4 Å². The van der Waals surface area contributed by atoms with Gasteiger partial charge in [-0.25, -0.2) is 0 Å². The first-order valence-corrected chi connectivity index (χ1v) is 7.42. The molecule has 1 fully saturated rings. The van der Waals surface area contributed by atoms with Crippen molar-refractivity contribution in [3.8, 4) is 0 Å². The molecule has 1 amide bonds. The molecule has 0 spiro atoms. The van der Waals surface area contributed by atoms with E-state index < -0.39 is 0 Å². The molecule has 0 aromatic carbocycles. The molecule has 0 aliphatic carbocycles. The predicted molar refractivity (Wildman–Crippen MR) is 75.6 cm³/mol. The van der Waals surface area contributed by atoms with Gasteiger partial charge in [0.25, 0.3) is 0 Å². The van der Waals surface area contributed by atoms with E-state index in [0.717, 1.165) is 58.5 Å². The molecule has 1 aliphatic heterocycles. The van der Waals surface area contributed by atoms with E-state index in [2.05, 4.69) is 29.4 Å². The zero-order chi connectivity index (χ0) is 13.2. The first-order chi connectivity index (χ1) is 8.72. The number of piperazine rings is 1. The van der Waals surface area contributed by atoms with Crippen LogP contribution in [-0.2, 0) is 4.79 Å². The van der Waals surface area contributed by atoms with Crippen LogP contribution in [0.3, 0.4) is 0 Å². The molecule has 2 N–H and O–H groups in total. The Morgan fingerprint density at radius 1 is 1.39 bits per heavy atom. The molecule has 4 heteroatoms. The van der Waals surface area contributed by atoms with Crippen LogP contribution in [0.15, 0.2) is 0 Å². The summed E-state index contributed by atoms with van der Waals surface area (Å²) in [4.78, 5) is 14.1. The lowest BCUT2D eigenvalue weighted by Crippen LogP contribution is -2.44. The molecule has 1 rings (SSSR count). The summed E-state index contributed by atoms with van der Waals surface area (Å²) in [5.41, 5.74) is 0. The monoisotopic (exact) mass is 255 g/mol. The van der Waals surface area contributed by atoms with Crippen molar-refractivity contribution in [2.75, 3.05) is 39.3 Å². The highest BCUT2D eigenvalue weighted by atomic mass is 16.1. The molecule has 0 radical (unpaired) electrons. The molecular formula is C14H29N3O. The van der Waals surface area contributed by atoms with Crippen molar-refractivity contribution in [1.82, 2.24) is 15.5 Å². The van der Waals surface area contributed by atoms with Gasteiger partial charge in [-0.2, -0.15) is 0 Å². The van der Waals surface area contributed by atoms with Gasteiger partial charge in [0, 0.05) is 39.1 Å². The van der Waals surface area contributed by atoms with Gasteiger partial charge in [0.05, 0.1) is 0 Å². The molecule has 0 aromatic heterocycles. The van der Waals surface area contributed by atoms with Crippen LogP contribution in [0.4, 0.5) is 0 Å². The maximum absolute atomic E-state index is 11.6. The fourth-order valence-corrected chi connectivity index (χ4v) is 2.45.